The van der Waals surface area contributed by atoms with E-state index < -0.39 is 0 Å². The fraction of sp³-hybridized carbons (Fsp3) is 0.311. The van der Waals surface area contributed by atoms with Gasteiger partial charge < -0.3 is 5.11 Å². The van der Waals surface area contributed by atoms with Gasteiger partial charge in [-0.3, -0.25) is 9.55 Å². The summed E-state index contributed by atoms with van der Waals surface area (Å²) in [6.07, 6.45) is 2.92. The average Bonchev–Trinajstić information content (AvgIpc) is 3.67. The Morgan fingerprint density at radius 2 is 1.26 bits per heavy atom. The predicted octanol–water partition coefficient (Wildman–Crippen LogP) is 16.8. The van der Waals surface area contributed by atoms with Crippen molar-refractivity contribution in [3.8, 4) is 67.5 Å². The van der Waals surface area contributed by atoms with Crippen molar-refractivity contribution in [2.45, 2.75) is 125 Å². The maximum absolute atomic E-state index is 12.3. The minimum absolute atomic E-state index is 0. The third-order valence-electron chi connectivity index (χ3n) is 13.5. The second kappa shape index (κ2) is 18.6. The zero-order valence-electron chi connectivity index (χ0n) is 41.2. The van der Waals surface area contributed by atoms with Crippen molar-refractivity contribution in [3.05, 3.63) is 167 Å². The van der Waals surface area contributed by atoms with Crippen LogP contribution in [0.15, 0.2) is 134 Å². The summed E-state index contributed by atoms with van der Waals surface area (Å²) in [4.78, 5) is 10.6. The van der Waals surface area contributed by atoms with Gasteiger partial charge in [-0.15, -0.1) is 29.3 Å². The van der Waals surface area contributed by atoms with Crippen molar-refractivity contribution in [2.75, 3.05) is 0 Å². The number of para-hydroxylation sites is 1. The molecule has 0 amide bonds. The largest absolute Gasteiger partial charge is 0.507 e. The molecule has 1 N–H and O–H groups in total. The molecule has 66 heavy (non-hydrogen) atoms. The molecule has 0 bridgehead atoms. The summed E-state index contributed by atoms with van der Waals surface area (Å²) < 4.78 is 2.29. The van der Waals surface area contributed by atoms with Crippen LogP contribution in [0.25, 0.3) is 72.7 Å². The van der Waals surface area contributed by atoms with E-state index in [0.29, 0.717) is 5.82 Å². The number of nitrogens with zero attached hydrogens (tertiary/aromatic N) is 3. The predicted molar refractivity (Wildman–Crippen MR) is 275 cm³/mol. The van der Waals surface area contributed by atoms with Crippen LogP contribution >= 0.6 is 0 Å². The smallest absolute Gasteiger partial charge is 0.148 e. The van der Waals surface area contributed by atoms with E-state index in [-0.39, 0.29) is 54.9 Å². The molecule has 8 rings (SSSR count). The monoisotopic (exact) mass is 1050 g/mol. The van der Waals surface area contributed by atoms with E-state index in [1.54, 1.807) is 0 Å². The number of phenols is 1. The maximum atomic E-state index is 12.3. The number of benzene rings is 6. The van der Waals surface area contributed by atoms with Crippen molar-refractivity contribution < 1.29 is 26.2 Å². The van der Waals surface area contributed by atoms with Gasteiger partial charge in [-0.1, -0.05) is 186 Å². The molecule has 5 heteroatoms. The number of fused-ring (bicyclic) bond motifs is 1. The van der Waals surface area contributed by atoms with Crippen molar-refractivity contribution in [1.29, 1.82) is 0 Å². The van der Waals surface area contributed by atoms with Crippen LogP contribution in [0.1, 0.15) is 136 Å². The molecule has 342 valence electrons. The third-order valence-corrected chi connectivity index (χ3v) is 13.5. The third kappa shape index (κ3) is 9.50. The molecule has 0 unspecified atom stereocenters. The minimum Gasteiger partial charge on any atom is -0.507 e. The van der Waals surface area contributed by atoms with Gasteiger partial charge in [0.25, 0.3) is 0 Å². The van der Waals surface area contributed by atoms with Gasteiger partial charge in [-0.25, -0.2) is 4.98 Å². The van der Waals surface area contributed by atoms with E-state index in [9.17, 15) is 5.11 Å². The van der Waals surface area contributed by atoms with Gasteiger partial charge in [-0.05, 0) is 104 Å². The van der Waals surface area contributed by atoms with E-state index in [4.69, 9.17) is 9.97 Å². The standard InChI is InChI=1S/C61H66N3O.Pt/c1-14-61(12,13)47-27-28-54(51(37-47)41-19-16-15-17-20-41)64-55-22-18-21-49(56(55)63-58(64)52-35-43(38(2)3)34-50(39(4)5)57(52)65)44-31-45(33-48(32-44)60(9,10)11)53-36-42(29-30-62-53)40-23-25-46(26-24-40)59(6,7)8;/h15-30,32-39,65H,14H2,1-13H3;/q-1;. The number of aromatic hydroxyl groups is 1. The SMILES string of the molecule is CCC(C)(C)c1ccc(-n2c(-c3cc(C(C)C)cc(C(C)C)c3O)nc3c(-c4[c-]c(-c5cc(-c6ccc(C(C)(C)C)cc6)ccn5)cc(C(C)(C)C)c4)cccc32)c(-c2ccccc2)c1.[Pt]. The molecule has 6 aromatic carbocycles. The van der Waals surface area contributed by atoms with Crippen LogP contribution in [0.3, 0.4) is 0 Å². The maximum Gasteiger partial charge on any atom is 0.148 e. The Bertz CT molecular complexity index is 3010. The summed E-state index contributed by atoms with van der Waals surface area (Å²) in [6, 6.07) is 49.9. The van der Waals surface area contributed by atoms with E-state index in [2.05, 4.69) is 228 Å². The summed E-state index contributed by atoms with van der Waals surface area (Å²) in [7, 11) is 0. The second-order valence-electron chi connectivity index (χ2n) is 21.3. The van der Waals surface area contributed by atoms with Crippen molar-refractivity contribution in [2.24, 2.45) is 0 Å². The molecule has 2 heterocycles. The van der Waals surface area contributed by atoms with Crippen LogP contribution in [-0.4, -0.2) is 19.6 Å². The summed E-state index contributed by atoms with van der Waals surface area (Å²) in [5.74, 6) is 1.33. The Morgan fingerprint density at radius 3 is 1.89 bits per heavy atom. The molecule has 0 aliphatic rings. The Balaban J connectivity index is 0.00000648. The van der Waals surface area contributed by atoms with E-state index in [0.717, 1.165) is 78.9 Å². The Hall–Kier alpha value is -5.57. The normalized spacial score (nSPS) is 12.3. The number of aromatic nitrogens is 3. The van der Waals surface area contributed by atoms with Crippen molar-refractivity contribution >= 4 is 11.0 Å². The molecule has 2 aromatic heterocycles. The van der Waals surface area contributed by atoms with Gasteiger partial charge >= 0.3 is 0 Å². The number of pyridine rings is 1. The van der Waals surface area contributed by atoms with E-state index in [1.165, 1.54) is 22.3 Å². The van der Waals surface area contributed by atoms with Crippen LogP contribution in [0.5, 0.6) is 5.75 Å². The Labute approximate surface area is 408 Å². The molecule has 0 fully saturated rings. The van der Waals surface area contributed by atoms with Gasteiger partial charge in [0.15, 0.2) is 0 Å². The van der Waals surface area contributed by atoms with Gasteiger partial charge in [0.1, 0.15) is 11.6 Å². The quantitative estimate of drug-likeness (QED) is 0.139. The first-order valence-electron chi connectivity index (χ1n) is 23.5. The number of hydrogen-bond acceptors (Lipinski definition) is 3. The zero-order chi connectivity index (χ0) is 46.6. The van der Waals surface area contributed by atoms with Crippen molar-refractivity contribution in [3.63, 3.8) is 0 Å². The molecule has 0 aliphatic heterocycles. The van der Waals surface area contributed by atoms with E-state index >= 15 is 0 Å². The number of hydrogen-bond donors (Lipinski definition) is 1. The molecule has 8 aromatic rings. The van der Waals surface area contributed by atoms with Crippen molar-refractivity contribution in [1.82, 2.24) is 14.5 Å². The van der Waals surface area contributed by atoms with Crippen LogP contribution in [0.2, 0.25) is 0 Å². The second-order valence-corrected chi connectivity index (χ2v) is 21.3. The van der Waals surface area contributed by atoms with Gasteiger partial charge in [-0.2, -0.15) is 0 Å². The number of rotatable bonds is 10. The molecular weight excluding hydrogens is 986 g/mol. The summed E-state index contributed by atoms with van der Waals surface area (Å²) in [6.45, 7) is 29.1. The minimum atomic E-state index is -0.160. The molecule has 4 nitrogen and oxygen atoms in total. The summed E-state index contributed by atoms with van der Waals surface area (Å²) in [5.41, 5.74) is 17.5. The first-order chi connectivity index (χ1) is 30.7. The molecule has 0 radical (unpaired) electrons. The summed E-state index contributed by atoms with van der Waals surface area (Å²) in [5, 5.41) is 12.3. The number of phenolic OH excluding ortho intramolecular Hbond substituents is 1. The zero-order valence-corrected chi connectivity index (χ0v) is 43.4. The van der Waals surface area contributed by atoms with Crippen LogP contribution < -0.4 is 0 Å². The Morgan fingerprint density at radius 1 is 0.591 bits per heavy atom. The van der Waals surface area contributed by atoms with Gasteiger partial charge in [0.05, 0.1) is 22.3 Å². The van der Waals surface area contributed by atoms with Crippen LogP contribution in [-0.2, 0) is 37.3 Å². The number of imidazole rings is 1. The first kappa shape index (κ1) is 48.4. The molecule has 0 aliphatic carbocycles. The molecule has 0 spiro atoms. The molecule has 0 saturated carbocycles. The Kier molecular flexibility index (Phi) is 13.6. The first-order valence-corrected chi connectivity index (χ1v) is 23.5. The molecular formula is C61H66N3OPt-. The average molecular weight is 1050 g/mol. The fourth-order valence-electron chi connectivity index (χ4n) is 8.78. The van der Waals surface area contributed by atoms with Crippen LogP contribution in [0, 0.1) is 6.07 Å². The summed E-state index contributed by atoms with van der Waals surface area (Å²) >= 11 is 0. The topological polar surface area (TPSA) is 50.9 Å². The molecule has 0 saturated heterocycles. The molecule has 0 atom stereocenters. The fourth-order valence-corrected chi connectivity index (χ4v) is 8.78. The van der Waals surface area contributed by atoms with E-state index in [1.807, 2.05) is 6.20 Å². The van der Waals surface area contributed by atoms with Crippen LogP contribution in [0.4, 0.5) is 0 Å². The van der Waals surface area contributed by atoms with Gasteiger partial charge in [0.2, 0.25) is 0 Å². The van der Waals surface area contributed by atoms with Gasteiger partial charge in [0, 0.05) is 38.5 Å².